The van der Waals surface area contributed by atoms with Gasteiger partial charge in [0.15, 0.2) is 0 Å². The minimum Gasteiger partial charge on any atom is -0.399 e. The normalized spacial score (nSPS) is 10.6. The van der Waals surface area contributed by atoms with E-state index in [2.05, 4.69) is 10.3 Å². The van der Waals surface area contributed by atoms with E-state index in [1.165, 1.54) is 6.07 Å². The van der Waals surface area contributed by atoms with Gasteiger partial charge in [0, 0.05) is 23.0 Å². The first kappa shape index (κ1) is 11.5. The number of rotatable bonds is 2. The van der Waals surface area contributed by atoms with E-state index in [9.17, 15) is 4.39 Å². The molecule has 0 saturated heterocycles. The van der Waals surface area contributed by atoms with Gasteiger partial charge in [-0.15, -0.1) is 0 Å². The molecule has 94 valence electrons. The van der Waals surface area contributed by atoms with Gasteiger partial charge in [-0.3, -0.25) is 4.98 Å². The lowest BCUT2D eigenvalue weighted by Crippen LogP contribution is -1.95. The van der Waals surface area contributed by atoms with E-state index in [4.69, 9.17) is 5.73 Å². The first-order chi connectivity index (χ1) is 9.24. The standard InChI is InChI=1S/C15H12FN3/c16-12-3-1-2-4-14(12)19-13-7-8-18-15-9-10(17)5-6-11(13)15/h1-9H,17H2,(H,18,19). The Morgan fingerprint density at radius 1 is 1.00 bits per heavy atom. The zero-order valence-corrected chi connectivity index (χ0v) is 10.1. The van der Waals surface area contributed by atoms with Crippen LogP contribution < -0.4 is 11.1 Å². The Labute approximate surface area is 109 Å². The van der Waals surface area contributed by atoms with Gasteiger partial charge in [-0.1, -0.05) is 12.1 Å². The molecule has 0 fully saturated rings. The van der Waals surface area contributed by atoms with E-state index >= 15 is 0 Å². The van der Waals surface area contributed by atoms with Crippen molar-refractivity contribution in [3.63, 3.8) is 0 Å². The largest absolute Gasteiger partial charge is 0.399 e. The number of nitrogens with two attached hydrogens (primary N) is 1. The van der Waals surface area contributed by atoms with Crippen molar-refractivity contribution >= 4 is 28.0 Å². The summed E-state index contributed by atoms with van der Waals surface area (Å²) < 4.78 is 13.6. The third kappa shape index (κ3) is 2.20. The predicted octanol–water partition coefficient (Wildman–Crippen LogP) is 3.70. The van der Waals surface area contributed by atoms with Crippen LogP contribution in [0.2, 0.25) is 0 Å². The van der Waals surface area contributed by atoms with Gasteiger partial charge >= 0.3 is 0 Å². The van der Waals surface area contributed by atoms with Crippen LogP contribution in [-0.4, -0.2) is 4.98 Å². The minimum absolute atomic E-state index is 0.289. The number of fused-ring (bicyclic) bond motifs is 1. The number of halogens is 1. The molecule has 3 rings (SSSR count). The maximum atomic E-state index is 13.6. The average molecular weight is 253 g/mol. The first-order valence-corrected chi connectivity index (χ1v) is 5.90. The van der Waals surface area contributed by atoms with E-state index in [1.54, 1.807) is 36.5 Å². The molecule has 19 heavy (non-hydrogen) atoms. The molecule has 0 aliphatic heterocycles. The number of nitrogens with one attached hydrogen (secondary N) is 1. The number of pyridine rings is 1. The van der Waals surface area contributed by atoms with Crippen molar-refractivity contribution < 1.29 is 4.39 Å². The molecule has 0 saturated carbocycles. The quantitative estimate of drug-likeness (QED) is 0.685. The maximum Gasteiger partial charge on any atom is 0.146 e. The number of benzene rings is 2. The number of nitrogen functional groups attached to an aromatic ring is 1. The monoisotopic (exact) mass is 253 g/mol. The molecule has 4 heteroatoms. The Kier molecular flexibility index (Phi) is 2.76. The first-order valence-electron chi connectivity index (χ1n) is 5.90. The molecule has 0 bridgehead atoms. The van der Waals surface area contributed by atoms with E-state index in [1.807, 2.05) is 12.1 Å². The smallest absolute Gasteiger partial charge is 0.146 e. The zero-order chi connectivity index (χ0) is 13.2. The van der Waals surface area contributed by atoms with Crippen molar-refractivity contribution in [2.24, 2.45) is 0 Å². The van der Waals surface area contributed by atoms with E-state index < -0.39 is 0 Å². The van der Waals surface area contributed by atoms with Crippen LogP contribution in [0.5, 0.6) is 0 Å². The lowest BCUT2D eigenvalue weighted by atomic mass is 10.1. The van der Waals surface area contributed by atoms with Crippen molar-refractivity contribution in [3.05, 3.63) is 60.5 Å². The van der Waals surface area contributed by atoms with Crippen LogP contribution in [0.4, 0.5) is 21.5 Å². The number of hydrogen-bond donors (Lipinski definition) is 2. The molecule has 0 spiro atoms. The molecule has 3 aromatic rings. The van der Waals surface area contributed by atoms with Crippen LogP contribution in [0.3, 0.4) is 0 Å². The highest BCUT2D eigenvalue weighted by Crippen LogP contribution is 2.27. The fourth-order valence-corrected chi connectivity index (χ4v) is 1.98. The minimum atomic E-state index is -0.289. The summed E-state index contributed by atoms with van der Waals surface area (Å²) >= 11 is 0. The zero-order valence-electron chi connectivity index (χ0n) is 10.1. The molecule has 0 radical (unpaired) electrons. The molecule has 0 amide bonds. The molecule has 1 heterocycles. The van der Waals surface area contributed by atoms with Crippen LogP contribution in [0.1, 0.15) is 0 Å². The fourth-order valence-electron chi connectivity index (χ4n) is 1.98. The lowest BCUT2D eigenvalue weighted by molar-refractivity contribution is 0.632. The molecule has 0 atom stereocenters. The van der Waals surface area contributed by atoms with E-state index in [0.29, 0.717) is 11.4 Å². The molecule has 1 aromatic heterocycles. The third-order valence-corrected chi connectivity index (χ3v) is 2.91. The molecule has 0 aliphatic carbocycles. The second kappa shape index (κ2) is 4.57. The molecular formula is C15H12FN3. The number of nitrogens with zero attached hydrogens (tertiary/aromatic N) is 1. The van der Waals surface area contributed by atoms with E-state index in [-0.39, 0.29) is 5.82 Å². The number of anilines is 3. The van der Waals surface area contributed by atoms with Crippen molar-refractivity contribution in [2.75, 3.05) is 11.1 Å². The summed E-state index contributed by atoms with van der Waals surface area (Å²) in [5, 5.41) is 3.98. The van der Waals surface area contributed by atoms with Crippen LogP contribution in [0.15, 0.2) is 54.7 Å². The summed E-state index contributed by atoms with van der Waals surface area (Å²) in [6, 6.07) is 13.8. The SMILES string of the molecule is Nc1ccc2c(Nc3ccccc3F)ccnc2c1. The summed E-state index contributed by atoms with van der Waals surface area (Å²) in [5.41, 5.74) is 8.40. The summed E-state index contributed by atoms with van der Waals surface area (Å²) in [4.78, 5) is 4.25. The second-order valence-electron chi connectivity index (χ2n) is 4.24. The van der Waals surface area contributed by atoms with Crippen molar-refractivity contribution in [3.8, 4) is 0 Å². The molecular weight excluding hydrogens is 241 g/mol. The van der Waals surface area contributed by atoms with Crippen molar-refractivity contribution in [1.82, 2.24) is 4.98 Å². The summed E-state index contributed by atoms with van der Waals surface area (Å²) in [5.74, 6) is -0.289. The Bertz CT molecular complexity index is 740. The Hall–Kier alpha value is -2.62. The highest BCUT2D eigenvalue weighted by molar-refractivity contribution is 5.94. The van der Waals surface area contributed by atoms with Gasteiger partial charge in [0.2, 0.25) is 0 Å². The Morgan fingerprint density at radius 3 is 2.68 bits per heavy atom. The van der Waals surface area contributed by atoms with Crippen LogP contribution in [0.25, 0.3) is 10.9 Å². The van der Waals surface area contributed by atoms with Gasteiger partial charge in [0.05, 0.1) is 11.2 Å². The summed E-state index contributed by atoms with van der Waals surface area (Å²) in [6.45, 7) is 0. The summed E-state index contributed by atoms with van der Waals surface area (Å²) in [6.07, 6.45) is 1.67. The highest BCUT2D eigenvalue weighted by atomic mass is 19.1. The van der Waals surface area contributed by atoms with Crippen LogP contribution >= 0.6 is 0 Å². The lowest BCUT2D eigenvalue weighted by Gasteiger charge is -2.10. The molecule has 3 nitrogen and oxygen atoms in total. The van der Waals surface area contributed by atoms with Crippen molar-refractivity contribution in [1.29, 1.82) is 0 Å². The van der Waals surface area contributed by atoms with Crippen molar-refractivity contribution in [2.45, 2.75) is 0 Å². The third-order valence-electron chi connectivity index (χ3n) is 2.91. The van der Waals surface area contributed by atoms with Gasteiger partial charge < -0.3 is 11.1 Å². The van der Waals surface area contributed by atoms with Gasteiger partial charge in [0.25, 0.3) is 0 Å². The van der Waals surface area contributed by atoms with Crippen LogP contribution in [0, 0.1) is 5.82 Å². The van der Waals surface area contributed by atoms with Gasteiger partial charge in [-0.2, -0.15) is 0 Å². The van der Waals surface area contributed by atoms with Gasteiger partial charge in [0.1, 0.15) is 5.82 Å². The molecule has 3 N–H and O–H groups in total. The molecule has 0 aliphatic rings. The highest BCUT2D eigenvalue weighted by Gasteiger charge is 2.05. The number of aromatic nitrogens is 1. The average Bonchev–Trinajstić information content (AvgIpc) is 2.41. The van der Waals surface area contributed by atoms with E-state index in [0.717, 1.165) is 16.6 Å². The number of para-hydroxylation sites is 1. The molecule has 0 unspecified atom stereocenters. The fraction of sp³-hybridized carbons (Fsp3) is 0. The van der Waals surface area contributed by atoms with Gasteiger partial charge in [-0.05, 0) is 36.4 Å². The predicted molar refractivity (Wildman–Crippen MR) is 75.8 cm³/mol. The Morgan fingerprint density at radius 2 is 1.84 bits per heavy atom. The van der Waals surface area contributed by atoms with Crippen LogP contribution in [-0.2, 0) is 0 Å². The molecule has 2 aromatic carbocycles. The number of hydrogen-bond acceptors (Lipinski definition) is 3. The second-order valence-corrected chi connectivity index (χ2v) is 4.24. The topological polar surface area (TPSA) is 50.9 Å². The summed E-state index contributed by atoms with van der Waals surface area (Å²) in [7, 11) is 0. The van der Waals surface area contributed by atoms with Gasteiger partial charge in [-0.25, -0.2) is 4.39 Å². The maximum absolute atomic E-state index is 13.6. The Balaban J connectivity index is 2.09.